The molecule has 2 rings (SSSR count). The lowest BCUT2D eigenvalue weighted by Crippen LogP contribution is -2.07. The molecule has 0 saturated carbocycles. The average Bonchev–Trinajstić information content (AvgIpc) is 2.62. The molecule has 0 fully saturated rings. The highest BCUT2D eigenvalue weighted by Crippen LogP contribution is 2.37. The Morgan fingerprint density at radius 2 is 2.00 bits per heavy atom. The molecular weight excluding hydrogens is 253 g/mol. The van der Waals surface area contributed by atoms with Gasteiger partial charge >= 0.3 is 6.18 Å². The van der Waals surface area contributed by atoms with Crippen LogP contribution in [0.15, 0.2) is 12.1 Å². The zero-order valence-electron chi connectivity index (χ0n) is 8.61. The number of halogens is 4. The van der Waals surface area contributed by atoms with Crippen molar-refractivity contribution in [2.24, 2.45) is 0 Å². The number of alkyl halides is 3. The molecule has 1 aromatic carbocycles. The highest BCUT2D eigenvalue weighted by atomic mass is 35.5. The Morgan fingerprint density at radius 3 is 2.53 bits per heavy atom. The minimum atomic E-state index is -4.58. The molecule has 0 amide bonds. The van der Waals surface area contributed by atoms with E-state index in [0.29, 0.717) is 10.6 Å². The van der Waals surface area contributed by atoms with Crippen LogP contribution in [0.3, 0.4) is 0 Å². The Labute approximate surface area is 99.6 Å². The van der Waals surface area contributed by atoms with Crippen molar-refractivity contribution < 1.29 is 13.2 Å². The van der Waals surface area contributed by atoms with Gasteiger partial charge in [0, 0.05) is 10.4 Å². The minimum Gasteiger partial charge on any atom is -0.350 e. The fraction of sp³-hybridized carbons (Fsp3) is 0.182. The van der Waals surface area contributed by atoms with Crippen LogP contribution < -0.4 is 0 Å². The molecule has 0 radical (unpaired) electrons. The number of aromatic amines is 1. The molecule has 0 unspecified atom stereocenters. The summed E-state index contributed by atoms with van der Waals surface area (Å²) in [6.45, 7) is 1.60. The molecule has 0 atom stereocenters. The molecule has 0 aliphatic heterocycles. The summed E-state index contributed by atoms with van der Waals surface area (Å²) >= 11 is 5.82. The summed E-state index contributed by atoms with van der Waals surface area (Å²) in [5.74, 6) is 0. The largest absolute Gasteiger partial charge is 0.432 e. The lowest BCUT2D eigenvalue weighted by atomic mass is 10.1. The van der Waals surface area contributed by atoms with Gasteiger partial charge in [-0.3, -0.25) is 0 Å². The second-order valence-electron chi connectivity index (χ2n) is 3.58. The number of hydrogen-bond acceptors (Lipinski definition) is 1. The van der Waals surface area contributed by atoms with Crippen LogP contribution in [0, 0.1) is 18.3 Å². The lowest BCUT2D eigenvalue weighted by Gasteiger charge is -2.02. The van der Waals surface area contributed by atoms with Gasteiger partial charge in [0.2, 0.25) is 0 Å². The topological polar surface area (TPSA) is 39.6 Å². The molecule has 0 saturated heterocycles. The van der Waals surface area contributed by atoms with E-state index in [2.05, 4.69) is 4.98 Å². The Bertz CT molecular complexity index is 635. The van der Waals surface area contributed by atoms with Crippen molar-refractivity contribution in [3.8, 4) is 6.07 Å². The number of hydrogen-bond donors (Lipinski definition) is 1. The lowest BCUT2D eigenvalue weighted by molar-refractivity contribution is -0.140. The fourth-order valence-electron chi connectivity index (χ4n) is 1.71. The molecule has 1 heterocycles. The van der Waals surface area contributed by atoms with Gasteiger partial charge in [-0.2, -0.15) is 18.4 Å². The fourth-order valence-corrected chi connectivity index (χ4v) is 1.86. The third-order valence-electron chi connectivity index (χ3n) is 2.56. The van der Waals surface area contributed by atoms with Gasteiger partial charge in [0.15, 0.2) is 0 Å². The van der Waals surface area contributed by atoms with Crippen molar-refractivity contribution >= 4 is 22.5 Å². The molecule has 0 aliphatic carbocycles. The van der Waals surface area contributed by atoms with E-state index in [1.807, 2.05) is 0 Å². The van der Waals surface area contributed by atoms with Crippen molar-refractivity contribution in [3.63, 3.8) is 0 Å². The van der Waals surface area contributed by atoms with Gasteiger partial charge in [0.05, 0.1) is 11.1 Å². The van der Waals surface area contributed by atoms with Crippen molar-refractivity contribution in [2.75, 3.05) is 0 Å². The van der Waals surface area contributed by atoms with Crippen LogP contribution in [0.1, 0.15) is 16.8 Å². The number of rotatable bonds is 0. The third kappa shape index (κ3) is 1.75. The summed E-state index contributed by atoms with van der Waals surface area (Å²) in [7, 11) is 0. The minimum absolute atomic E-state index is 0.238. The number of nitrogens with one attached hydrogen (secondary N) is 1. The van der Waals surface area contributed by atoms with Gasteiger partial charge in [-0.15, -0.1) is 0 Å². The van der Waals surface area contributed by atoms with Gasteiger partial charge < -0.3 is 4.98 Å². The highest BCUT2D eigenvalue weighted by molar-refractivity contribution is 6.32. The van der Waals surface area contributed by atoms with Gasteiger partial charge in [-0.1, -0.05) is 11.6 Å². The predicted molar refractivity (Wildman–Crippen MR) is 57.8 cm³/mol. The summed E-state index contributed by atoms with van der Waals surface area (Å²) in [5.41, 5.74) is -0.676. The number of benzene rings is 1. The van der Waals surface area contributed by atoms with Crippen LogP contribution in [0.2, 0.25) is 5.02 Å². The maximum atomic E-state index is 12.7. The van der Waals surface area contributed by atoms with Crippen molar-refractivity contribution in [2.45, 2.75) is 13.1 Å². The van der Waals surface area contributed by atoms with Gasteiger partial charge in [-0.05, 0) is 24.6 Å². The molecule has 6 heteroatoms. The van der Waals surface area contributed by atoms with E-state index in [-0.39, 0.29) is 10.9 Å². The van der Waals surface area contributed by atoms with E-state index in [0.717, 1.165) is 0 Å². The van der Waals surface area contributed by atoms with Gasteiger partial charge in [-0.25, -0.2) is 0 Å². The monoisotopic (exact) mass is 258 g/mol. The highest BCUT2D eigenvalue weighted by Gasteiger charge is 2.36. The Kier molecular flexibility index (Phi) is 2.55. The van der Waals surface area contributed by atoms with Gasteiger partial charge in [0.1, 0.15) is 11.8 Å². The zero-order valence-corrected chi connectivity index (χ0v) is 9.37. The van der Waals surface area contributed by atoms with E-state index in [1.54, 1.807) is 13.0 Å². The van der Waals surface area contributed by atoms with Gasteiger partial charge in [0.25, 0.3) is 0 Å². The number of fused-ring (bicyclic) bond motifs is 1. The SMILES string of the molecule is Cc1c(Cl)ccc2c(C#N)c(C(F)(F)F)[nH]c12. The van der Waals surface area contributed by atoms with Crippen molar-refractivity contribution in [1.29, 1.82) is 5.26 Å². The maximum absolute atomic E-state index is 12.7. The van der Waals surface area contributed by atoms with Crippen molar-refractivity contribution in [1.82, 2.24) is 4.98 Å². The molecule has 17 heavy (non-hydrogen) atoms. The van der Waals surface area contributed by atoms with Crippen LogP contribution in [0.25, 0.3) is 10.9 Å². The molecule has 1 aromatic heterocycles. The summed E-state index contributed by atoms with van der Waals surface area (Å²) in [6, 6.07) is 4.47. The molecule has 88 valence electrons. The molecule has 0 bridgehead atoms. The second kappa shape index (κ2) is 3.67. The van der Waals surface area contributed by atoms with E-state index in [4.69, 9.17) is 16.9 Å². The number of nitrogens with zero attached hydrogens (tertiary/aromatic N) is 1. The molecular formula is C11H6ClF3N2. The summed E-state index contributed by atoms with van der Waals surface area (Å²) in [6.07, 6.45) is -4.58. The van der Waals surface area contributed by atoms with Crippen LogP contribution >= 0.6 is 11.6 Å². The molecule has 2 aromatic rings. The predicted octanol–water partition coefficient (Wildman–Crippen LogP) is 4.02. The maximum Gasteiger partial charge on any atom is 0.432 e. The number of nitriles is 1. The number of aromatic nitrogens is 1. The summed E-state index contributed by atoms with van der Waals surface area (Å²) < 4.78 is 38.1. The Balaban J connectivity index is 2.91. The zero-order chi connectivity index (χ0) is 12.8. The van der Waals surface area contributed by atoms with E-state index in [9.17, 15) is 13.2 Å². The summed E-state index contributed by atoms with van der Waals surface area (Å²) in [4.78, 5) is 2.23. The Morgan fingerprint density at radius 1 is 1.35 bits per heavy atom. The van der Waals surface area contributed by atoms with E-state index in [1.165, 1.54) is 12.1 Å². The van der Waals surface area contributed by atoms with Crippen LogP contribution in [0.5, 0.6) is 0 Å². The number of aryl methyl sites for hydroxylation is 1. The van der Waals surface area contributed by atoms with Crippen molar-refractivity contribution in [3.05, 3.63) is 34.0 Å². The average molecular weight is 259 g/mol. The number of H-pyrrole nitrogens is 1. The quantitative estimate of drug-likeness (QED) is 0.762. The first kappa shape index (κ1) is 11.8. The van der Waals surface area contributed by atoms with Crippen LogP contribution in [-0.2, 0) is 6.18 Å². The summed E-state index contributed by atoms with van der Waals surface area (Å²) in [5, 5.41) is 9.42. The molecule has 1 N–H and O–H groups in total. The third-order valence-corrected chi connectivity index (χ3v) is 2.97. The molecule has 0 spiro atoms. The normalized spacial score (nSPS) is 11.8. The first-order valence-electron chi connectivity index (χ1n) is 4.64. The first-order valence-corrected chi connectivity index (χ1v) is 5.02. The second-order valence-corrected chi connectivity index (χ2v) is 3.99. The smallest absolute Gasteiger partial charge is 0.350 e. The van der Waals surface area contributed by atoms with Crippen LogP contribution in [0.4, 0.5) is 13.2 Å². The molecule has 2 nitrogen and oxygen atoms in total. The van der Waals surface area contributed by atoms with E-state index < -0.39 is 17.4 Å². The Hall–Kier alpha value is -1.67. The standard InChI is InChI=1S/C11H6ClF3N2/c1-5-8(12)3-2-6-7(4-16)10(11(13,14)15)17-9(5)6/h2-3,17H,1H3. The van der Waals surface area contributed by atoms with Crippen LogP contribution in [-0.4, -0.2) is 4.98 Å². The van der Waals surface area contributed by atoms with E-state index >= 15 is 0 Å². The molecule has 0 aliphatic rings. The first-order chi connectivity index (χ1) is 7.86.